The molecule has 0 aliphatic heterocycles. The van der Waals surface area contributed by atoms with Gasteiger partial charge in [0.15, 0.2) is 5.05 Å². The topological polar surface area (TPSA) is 87.4 Å². The summed E-state index contributed by atoms with van der Waals surface area (Å²) in [7, 11) is 1.72. The van der Waals surface area contributed by atoms with Crippen LogP contribution in [0.25, 0.3) is 0 Å². The number of carbonyl (C=O) groups is 1. The number of rotatable bonds is 6. The molecule has 5 nitrogen and oxygen atoms in total. The van der Waals surface area contributed by atoms with Crippen LogP contribution in [0.3, 0.4) is 0 Å². The Balaban J connectivity index is 3.50. The Kier molecular flexibility index (Phi) is 6.17. The van der Waals surface area contributed by atoms with Crippen molar-refractivity contribution in [1.82, 2.24) is 10.6 Å². The molecule has 0 aromatic carbocycles. The molecule has 0 unspecified atom stereocenters. The maximum absolute atomic E-state index is 10.3. The molecule has 0 aromatic heterocycles. The monoisotopic (exact) mass is 205 g/mol. The van der Waals surface area contributed by atoms with Gasteiger partial charge in [0.2, 0.25) is 0 Å². The van der Waals surface area contributed by atoms with Gasteiger partial charge in [-0.3, -0.25) is 0 Å². The van der Waals surface area contributed by atoms with Crippen molar-refractivity contribution < 1.29 is 9.90 Å². The van der Waals surface area contributed by atoms with Gasteiger partial charge in [0.25, 0.3) is 0 Å². The summed E-state index contributed by atoms with van der Waals surface area (Å²) in [6.07, 6.45) is 1.39. The molecule has 5 N–H and O–H groups in total. The van der Waals surface area contributed by atoms with Crippen molar-refractivity contribution >= 4 is 23.3 Å². The van der Waals surface area contributed by atoms with E-state index < -0.39 is 6.03 Å². The molecule has 2 amide bonds. The second kappa shape index (κ2) is 6.62. The van der Waals surface area contributed by atoms with Gasteiger partial charge in [0.1, 0.15) is 0 Å². The molecular formula is C7H15N3O2S. The van der Waals surface area contributed by atoms with Crippen molar-refractivity contribution in [3.05, 3.63) is 0 Å². The normalized spacial score (nSPS) is 12.1. The number of aliphatic hydroxyl groups excluding tert-OH is 1. The highest BCUT2D eigenvalue weighted by Gasteiger charge is 2.09. The maximum Gasteiger partial charge on any atom is 0.312 e. The van der Waals surface area contributed by atoms with E-state index in [0.717, 1.165) is 6.42 Å². The van der Waals surface area contributed by atoms with Gasteiger partial charge in [-0.05, 0) is 32.1 Å². The standard InChI is InChI=1S/C7H15N3O2S/c1-9-5(6(11)13)3-2-4-10-7(8)12/h5,9H,2-4H2,1H3,(H,11,13)(H3,8,10,12)/t5-/m0/s1. The predicted molar refractivity (Wildman–Crippen MR) is 54.9 cm³/mol. The smallest absolute Gasteiger partial charge is 0.312 e. The molecule has 0 aromatic rings. The third-order valence-corrected chi connectivity index (χ3v) is 1.90. The van der Waals surface area contributed by atoms with Crippen molar-refractivity contribution in [1.29, 1.82) is 0 Å². The Labute approximate surface area is 82.7 Å². The Hall–Kier alpha value is -0.880. The van der Waals surface area contributed by atoms with Crippen LogP contribution in [0.2, 0.25) is 0 Å². The van der Waals surface area contributed by atoms with E-state index >= 15 is 0 Å². The molecule has 13 heavy (non-hydrogen) atoms. The largest absolute Gasteiger partial charge is 0.501 e. The molecule has 6 heteroatoms. The Morgan fingerprint density at radius 2 is 2.31 bits per heavy atom. The number of primary amides is 1. The van der Waals surface area contributed by atoms with E-state index in [4.69, 9.17) is 10.8 Å². The van der Waals surface area contributed by atoms with Crippen molar-refractivity contribution in [2.24, 2.45) is 5.73 Å². The van der Waals surface area contributed by atoms with Crippen LogP contribution in [0.1, 0.15) is 12.8 Å². The zero-order chi connectivity index (χ0) is 10.3. The van der Waals surface area contributed by atoms with Crippen LogP contribution in [0.4, 0.5) is 4.79 Å². The molecule has 0 fully saturated rings. The molecule has 0 spiro atoms. The summed E-state index contributed by atoms with van der Waals surface area (Å²) in [5.74, 6) is 0. The summed E-state index contributed by atoms with van der Waals surface area (Å²) in [5, 5.41) is 14.2. The van der Waals surface area contributed by atoms with Gasteiger partial charge in [-0.2, -0.15) is 0 Å². The number of carbonyl (C=O) groups excluding carboxylic acids is 1. The molecule has 1 atom stereocenters. The molecule has 0 aliphatic rings. The van der Waals surface area contributed by atoms with Gasteiger partial charge in [-0.1, -0.05) is 0 Å². The van der Waals surface area contributed by atoms with E-state index in [9.17, 15) is 4.79 Å². The molecular weight excluding hydrogens is 190 g/mol. The first kappa shape index (κ1) is 12.1. The van der Waals surface area contributed by atoms with Crippen molar-refractivity contribution in [3.63, 3.8) is 0 Å². The third kappa shape index (κ3) is 6.30. The minimum Gasteiger partial charge on any atom is -0.501 e. The third-order valence-electron chi connectivity index (χ3n) is 1.62. The summed E-state index contributed by atoms with van der Waals surface area (Å²) < 4.78 is 0. The first-order chi connectivity index (χ1) is 6.07. The molecule has 0 saturated heterocycles. The number of thiocarbonyl (C=S) groups is 1. The van der Waals surface area contributed by atoms with Gasteiger partial charge < -0.3 is 21.5 Å². The van der Waals surface area contributed by atoms with Gasteiger partial charge in [0.05, 0.1) is 6.04 Å². The Morgan fingerprint density at radius 1 is 1.69 bits per heavy atom. The van der Waals surface area contributed by atoms with E-state index in [0.29, 0.717) is 13.0 Å². The van der Waals surface area contributed by atoms with E-state index in [1.807, 2.05) is 0 Å². The number of hydrogen-bond acceptors (Lipinski definition) is 3. The second-order valence-corrected chi connectivity index (χ2v) is 3.03. The first-order valence-electron chi connectivity index (χ1n) is 4.01. The van der Waals surface area contributed by atoms with Crippen LogP contribution >= 0.6 is 12.2 Å². The highest BCUT2D eigenvalue weighted by molar-refractivity contribution is 7.80. The quantitative estimate of drug-likeness (QED) is 0.360. The Bertz CT molecular complexity index is 187. The lowest BCUT2D eigenvalue weighted by Crippen LogP contribution is -2.35. The number of aliphatic hydroxyl groups is 1. The SMILES string of the molecule is CN[C@@H](CCCNC(N)=O)C(O)=S. The van der Waals surface area contributed by atoms with Crippen molar-refractivity contribution in [2.75, 3.05) is 13.6 Å². The zero-order valence-electron chi connectivity index (χ0n) is 7.54. The summed E-state index contributed by atoms with van der Waals surface area (Å²) in [5.41, 5.74) is 4.86. The lowest BCUT2D eigenvalue weighted by atomic mass is 10.1. The van der Waals surface area contributed by atoms with Crippen LogP contribution in [-0.4, -0.2) is 35.8 Å². The molecule has 0 aliphatic carbocycles. The fourth-order valence-electron chi connectivity index (χ4n) is 0.909. The van der Waals surface area contributed by atoms with Crippen LogP contribution in [0.15, 0.2) is 0 Å². The van der Waals surface area contributed by atoms with Crippen LogP contribution in [0.5, 0.6) is 0 Å². The lowest BCUT2D eigenvalue weighted by Gasteiger charge is -2.12. The number of urea groups is 1. The number of likely N-dealkylation sites (N-methyl/N-ethyl adjacent to an activating group) is 1. The van der Waals surface area contributed by atoms with Crippen LogP contribution in [0, 0.1) is 0 Å². The number of nitrogens with one attached hydrogen (secondary N) is 2. The molecule has 0 rings (SSSR count). The number of hydrogen-bond donors (Lipinski definition) is 4. The van der Waals surface area contributed by atoms with E-state index in [1.54, 1.807) is 7.05 Å². The number of amides is 2. The molecule has 76 valence electrons. The fraction of sp³-hybridized carbons (Fsp3) is 0.714. The fourth-order valence-corrected chi connectivity index (χ4v) is 1.14. The average molecular weight is 205 g/mol. The minimum atomic E-state index is -0.535. The average Bonchev–Trinajstić information content (AvgIpc) is 2.03. The summed E-state index contributed by atoms with van der Waals surface area (Å²) in [6, 6.07) is -0.725. The molecule has 0 bridgehead atoms. The van der Waals surface area contributed by atoms with Gasteiger partial charge in [0, 0.05) is 6.54 Å². The van der Waals surface area contributed by atoms with E-state index in [-0.39, 0.29) is 11.1 Å². The number of nitrogens with two attached hydrogens (primary N) is 1. The molecule has 0 saturated carbocycles. The first-order valence-corrected chi connectivity index (χ1v) is 4.42. The molecule has 0 heterocycles. The zero-order valence-corrected chi connectivity index (χ0v) is 8.36. The molecule has 0 radical (unpaired) electrons. The van der Waals surface area contributed by atoms with Crippen molar-refractivity contribution in [3.8, 4) is 0 Å². The summed E-state index contributed by atoms with van der Waals surface area (Å²) in [6.45, 7) is 0.496. The highest BCUT2D eigenvalue weighted by atomic mass is 32.1. The minimum absolute atomic E-state index is 0.0541. The summed E-state index contributed by atoms with van der Waals surface area (Å²) in [4.78, 5) is 10.3. The van der Waals surface area contributed by atoms with Gasteiger partial charge >= 0.3 is 6.03 Å². The summed E-state index contributed by atoms with van der Waals surface area (Å²) >= 11 is 4.60. The van der Waals surface area contributed by atoms with Gasteiger partial charge in [-0.15, -0.1) is 0 Å². The van der Waals surface area contributed by atoms with Crippen molar-refractivity contribution in [2.45, 2.75) is 18.9 Å². The van der Waals surface area contributed by atoms with Crippen LogP contribution in [-0.2, 0) is 0 Å². The Morgan fingerprint density at radius 3 is 2.69 bits per heavy atom. The van der Waals surface area contributed by atoms with E-state index in [2.05, 4.69) is 22.9 Å². The lowest BCUT2D eigenvalue weighted by molar-refractivity contribution is 0.248. The van der Waals surface area contributed by atoms with Crippen LogP contribution < -0.4 is 16.4 Å². The predicted octanol–water partition coefficient (Wildman–Crippen LogP) is -0.0917. The van der Waals surface area contributed by atoms with E-state index in [1.165, 1.54) is 0 Å². The van der Waals surface area contributed by atoms with Gasteiger partial charge in [-0.25, -0.2) is 4.79 Å². The highest BCUT2D eigenvalue weighted by Crippen LogP contribution is 1.97. The maximum atomic E-state index is 10.3. The second-order valence-electron chi connectivity index (χ2n) is 2.61.